The second-order valence-electron chi connectivity index (χ2n) is 6.06. The minimum atomic E-state index is -4.94. The molecule has 2 N–H and O–H groups in total. The Balaban J connectivity index is 2.24. The highest BCUT2D eigenvalue weighted by Gasteiger charge is 2.36. The van der Waals surface area contributed by atoms with Gasteiger partial charge in [0.25, 0.3) is 0 Å². The van der Waals surface area contributed by atoms with Crippen LogP contribution in [0, 0.1) is 5.82 Å². The molecule has 0 unspecified atom stereocenters. The third-order valence-electron chi connectivity index (χ3n) is 3.95. The summed E-state index contributed by atoms with van der Waals surface area (Å²) in [4.78, 5) is -0.896. The molecule has 0 bridgehead atoms. The fourth-order valence-electron chi connectivity index (χ4n) is 2.63. The van der Waals surface area contributed by atoms with E-state index in [0.717, 1.165) is 30.3 Å². The number of primary sulfonamides is 1. The highest BCUT2D eigenvalue weighted by Crippen LogP contribution is 2.35. The number of nitrogens with two attached hydrogens (primary N) is 1. The van der Waals surface area contributed by atoms with E-state index in [4.69, 9.17) is 5.14 Å². The number of benzene rings is 2. The van der Waals surface area contributed by atoms with E-state index in [-0.39, 0.29) is 11.3 Å². The van der Waals surface area contributed by atoms with Gasteiger partial charge in [-0.2, -0.15) is 31.4 Å². The van der Waals surface area contributed by atoms with Crippen LogP contribution < -0.4 is 5.14 Å². The molecule has 160 valence electrons. The molecule has 1 heterocycles. The van der Waals surface area contributed by atoms with Crippen LogP contribution in [0.2, 0.25) is 0 Å². The van der Waals surface area contributed by atoms with Crippen molar-refractivity contribution in [2.75, 3.05) is 0 Å². The lowest BCUT2D eigenvalue weighted by Gasteiger charge is -2.12. The Hall–Kier alpha value is -2.93. The maximum Gasteiger partial charge on any atom is 0.435 e. The third kappa shape index (κ3) is 4.31. The summed E-state index contributed by atoms with van der Waals surface area (Å²) in [6.45, 7) is 0. The molecule has 30 heavy (non-hydrogen) atoms. The van der Waals surface area contributed by atoms with Crippen molar-refractivity contribution >= 4 is 10.0 Å². The zero-order valence-electron chi connectivity index (χ0n) is 14.5. The Morgan fingerprint density at radius 1 is 0.900 bits per heavy atom. The molecule has 0 atom stereocenters. The average Bonchev–Trinajstić information content (AvgIpc) is 3.05. The van der Waals surface area contributed by atoms with E-state index < -0.39 is 50.0 Å². The van der Waals surface area contributed by atoms with E-state index in [9.17, 15) is 39.2 Å². The van der Waals surface area contributed by atoms with Gasteiger partial charge >= 0.3 is 12.4 Å². The number of hydrogen-bond acceptors (Lipinski definition) is 3. The van der Waals surface area contributed by atoms with Gasteiger partial charge in [-0.1, -0.05) is 12.1 Å². The molecular weight excluding hydrogens is 443 g/mol. The minimum Gasteiger partial charge on any atom is -0.232 e. The van der Waals surface area contributed by atoms with Crippen LogP contribution in [-0.2, 0) is 22.4 Å². The van der Waals surface area contributed by atoms with Gasteiger partial charge in [0.1, 0.15) is 10.7 Å². The van der Waals surface area contributed by atoms with Crippen LogP contribution in [0.25, 0.3) is 16.9 Å². The summed E-state index contributed by atoms with van der Waals surface area (Å²) in [6.07, 6.45) is -9.71. The van der Waals surface area contributed by atoms with Crippen molar-refractivity contribution in [2.24, 2.45) is 5.14 Å². The summed E-state index contributed by atoms with van der Waals surface area (Å²) >= 11 is 0. The fraction of sp³-hybridized carbons (Fsp3) is 0.118. The van der Waals surface area contributed by atoms with Gasteiger partial charge in [-0.25, -0.2) is 22.6 Å². The molecular formula is C17H10F7N3O2S. The average molecular weight is 453 g/mol. The predicted molar refractivity (Wildman–Crippen MR) is 90.3 cm³/mol. The van der Waals surface area contributed by atoms with Crippen LogP contribution in [0.3, 0.4) is 0 Å². The molecule has 0 aliphatic rings. The van der Waals surface area contributed by atoms with Gasteiger partial charge in [-0.05, 0) is 36.4 Å². The van der Waals surface area contributed by atoms with E-state index in [1.54, 1.807) is 0 Å². The lowest BCUT2D eigenvalue weighted by atomic mass is 10.1. The van der Waals surface area contributed by atoms with Crippen LogP contribution in [0.1, 0.15) is 11.3 Å². The molecule has 0 amide bonds. The zero-order valence-corrected chi connectivity index (χ0v) is 15.3. The number of hydrogen-bond donors (Lipinski definition) is 1. The molecule has 3 rings (SSSR count). The minimum absolute atomic E-state index is 0.264. The van der Waals surface area contributed by atoms with Crippen molar-refractivity contribution in [1.82, 2.24) is 9.78 Å². The van der Waals surface area contributed by atoms with Crippen LogP contribution in [0.5, 0.6) is 0 Å². The number of sulfonamides is 1. The van der Waals surface area contributed by atoms with Crippen LogP contribution in [0.4, 0.5) is 30.7 Å². The molecule has 0 spiro atoms. The smallest absolute Gasteiger partial charge is 0.232 e. The zero-order chi connectivity index (χ0) is 22.5. The molecule has 1 aromatic heterocycles. The summed E-state index contributed by atoms with van der Waals surface area (Å²) in [5.41, 5.74) is -3.62. The highest BCUT2D eigenvalue weighted by atomic mass is 32.2. The third-order valence-corrected chi connectivity index (χ3v) is 4.90. The van der Waals surface area contributed by atoms with Crippen molar-refractivity contribution in [3.05, 3.63) is 65.6 Å². The number of alkyl halides is 6. The number of rotatable bonds is 3. The quantitative estimate of drug-likeness (QED) is 0.599. The first-order chi connectivity index (χ1) is 13.7. The van der Waals surface area contributed by atoms with Crippen LogP contribution in [-0.4, -0.2) is 18.2 Å². The lowest BCUT2D eigenvalue weighted by Crippen LogP contribution is -2.14. The Morgan fingerprint density at radius 2 is 1.57 bits per heavy atom. The summed E-state index contributed by atoms with van der Waals surface area (Å²) in [6, 6.07) is 6.15. The molecule has 0 radical (unpaired) electrons. The maximum absolute atomic E-state index is 14.2. The molecule has 0 fully saturated rings. The molecule has 2 aromatic carbocycles. The standard InChI is InChI=1S/C17H10F7N3O2S/c18-12-6-9(4-5-14(12)30(25,28)29)13-8-15(17(22,23)24)26-27(13)11-3-1-2-10(7-11)16(19,20)21/h1-8H,(H2,25,28,29). The highest BCUT2D eigenvalue weighted by molar-refractivity contribution is 7.89. The summed E-state index contributed by atoms with van der Waals surface area (Å²) in [7, 11) is -4.44. The Bertz CT molecular complexity index is 1210. The van der Waals surface area contributed by atoms with E-state index in [0.29, 0.717) is 22.9 Å². The Labute approximate surface area is 164 Å². The molecule has 0 aliphatic carbocycles. The summed E-state index contributed by atoms with van der Waals surface area (Å²) in [5, 5.41) is 8.16. The SMILES string of the molecule is NS(=O)(=O)c1ccc(-c2cc(C(F)(F)F)nn2-c2cccc(C(F)(F)F)c2)cc1F. The van der Waals surface area contributed by atoms with E-state index in [1.165, 1.54) is 0 Å². The van der Waals surface area contributed by atoms with E-state index in [1.807, 2.05) is 0 Å². The Morgan fingerprint density at radius 3 is 2.10 bits per heavy atom. The second kappa shape index (κ2) is 7.09. The Kier molecular flexibility index (Phi) is 5.15. The molecule has 0 saturated carbocycles. The van der Waals surface area contributed by atoms with Gasteiger partial charge in [0.2, 0.25) is 10.0 Å². The van der Waals surface area contributed by atoms with Gasteiger partial charge in [-0.3, -0.25) is 0 Å². The first kappa shape index (κ1) is 21.8. The first-order valence-electron chi connectivity index (χ1n) is 7.85. The van der Waals surface area contributed by atoms with Crippen molar-refractivity contribution in [2.45, 2.75) is 17.2 Å². The van der Waals surface area contributed by atoms with Gasteiger partial charge in [0, 0.05) is 5.56 Å². The van der Waals surface area contributed by atoms with Crippen molar-refractivity contribution in [3.8, 4) is 16.9 Å². The summed E-state index contributed by atoms with van der Waals surface area (Å²) < 4.78 is 116. The summed E-state index contributed by atoms with van der Waals surface area (Å²) in [5.74, 6) is -1.35. The topological polar surface area (TPSA) is 78.0 Å². The van der Waals surface area contributed by atoms with Crippen molar-refractivity contribution in [1.29, 1.82) is 0 Å². The first-order valence-corrected chi connectivity index (χ1v) is 9.40. The molecule has 0 saturated heterocycles. The van der Waals surface area contributed by atoms with Crippen molar-refractivity contribution in [3.63, 3.8) is 0 Å². The van der Waals surface area contributed by atoms with Crippen LogP contribution >= 0.6 is 0 Å². The van der Waals surface area contributed by atoms with Gasteiger partial charge < -0.3 is 0 Å². The molecule has 3 aromatic rings. The number of nitrogens with zero attached hydrogens (tertiary/aromatic N) is 2. The number of aromatic nitrogens is 2. The largest absolute Gasteiger partial charge is 0.435 e. The van der Waals surface area contributed by atoms with Gasteiger partial charge in [-0.15, -0.1) is 0 Å². The van der Waals surface area contributed by atoms with Crippen LogP contribution in [0.15, 0.2) is 53.4 Å². The predicted octanol–water partition coefficient (Wildman–Crippen LogP) is 4.36. The lowest BCUT2D eigenvalue weighted by molar-refractivity contribution is -0.141. The molecule has 0 aliphatic heterocycles. The molecule has 13 heteroatoms. The number of halogens is 7. The van der Waals surface area contributed by atoms with E-state index >= 15 is 0 Å². The fourth-order valence-corrected chi connectivity index (χ4v) is 3.22. The van der Waals surface area contributed by atoms with Gasteiger partial charge in [0.15, 0.2) is 5.69 Å². The molecule has 5 nitrogen and oxygen atoms in total. The maximum atomic E-state index is 14.2. The monoisotopic (exact) mass is 453 g/mol. The normalized spacial score (nSPS) is 12.9. The van der Waals surface area contributed by atoms with E-state index in [2.05, 4.69) is 5.10 Å². The van der Waals surface area contributed by atoms with Crippen molar-refractivity contribution < 1.29 is 39.2 Å². The van der Waals surface area contributed by atoms with Gasteiger partial charge in [0.05, 0.1) is 16.9 Å². The second-order valence-corrected chi connectivity index (χ2v) is 7.59.